The Labute approximate surface area is 132 Å². The first kappa shape index (κ1) is 14.8. The number of ether oxygens (including phenoxy) is 1. The fourth-order valence-electron chi connectivity index (χ4n) is 2.12. The Balaban J connectivity index is 1.51. The molecule has 5 nitrogen and oxygen atoms in total. The van der Waals surface area contributed by atoms with Gasteiger partial charge in [0.15, 0.2) is 5.76 Å². The average molecular weight is 309 g/mol. The maximum Gasteiger partial charge on any atom is 0.325 e. The highest BCUT2D eigenvalue weighted by Gasteiger charge is 2.13. The third kappa shape index (κ3) is 3.77. The molecule has 0 saturated heterocycles. The SMILES string of the molecule is O=C(CNC(=O)c1cc2ccccc2o1)OCc1ccccc1. The van der Waals surface area contributed by atoms with Gasteiger partial charge in [0, 0.05) is 5.39 Å². The first-order valence-electron chi connectivity index (χ1n) is 7.19. The largest absolute Gasteiger partial charge is 0.460 e. The monoisotopic (exact) mass is 309 g/mol. The zero-order chi connectivity index (χ0) is 16.1. The number of carbonyl (C=O) groups is 2. The normalized spacial score (nSPS) is 10.4. The molecular formula is C18H15NO4. The standard InChI is InChI=1S/C18H15NO4/c20-17(22-12-13-6-2-1-3-7-13)11-19-18(21)16-10-14-8-4-5-9-15(14)23-16/h1-10H,11-12H2,(H,19,21). The van der Waals surface area contributed by atoms with E-state index in [0.717, 1.165) is 10.9 Å². The average Bonchev–Trinajstić information content (AvgIpc) is 3.03. The van der Waals surface area contributed by atoms with E-state index in [9.17, 15) is 9.59 Å². The van der Waals surface area contributed by atoms with Crippen LogP contribution < -0.4 is 5.32 Å². The van der Waals surface area contributed by atoms with E-state index in [1.54, 1.807) is 12.1 Å². The van der Waals surface area contributed by atoms with Gasteiger partial charge in [-0.15, -0.1) is 0 Å². The van der Waals surface area contributed by atoms with Crippen LogP contribution in [0, 0.1) is 0 Å². The second-order valence-electron chi connectivity index (χ2n) is 4.98. The number of carbonyl (C=O) groups excluding carboxylic acids is 2. The molecule has 0 fully saturated rings. The molecule has 1 aromatic heterocycles. The molecule has 2 aromatic carbocycles. The molecule has 5 heteroatoms. The van der Waals surface area contributed by atoms with Gasteiger partial charge in [-0.3, -0.25) is 9.59 Å². The number of furan rings is 1. The summed E-state index contributed by atoms with van der Waals surface area (Å²) in [6, 6.07) is 18.3. The molecule has 0 saturated carbocycles. The molecular weight excluding hydrogens is 294 g/mol. The highest BCUT2D eigenvalue weighted by atomic mass is 16.5. The third-order valence-electron chi connectivity index (χ3n) is 3.29. The van der Waals surface area contributed by atoms with Crippen LogP contribution in [-0.2, 0) is 16.1 Å². The number of benzene rings is 2. The van der Waals surface area contributed by atoms with Gasteiger partial charge in [-0.1, -0.05) is 48.5 Å². The molecule has 0 aliphatic heterocycles. The molecule has 0 unspecified atom stereocenters. The van der Waals surface area contributed by atoms with E-state index in [4.69, 9.17) is 9.15 Å². The van der Waals surface area contributed by atoms with Crippen LogP contribution >= 0.6 is 0 Å². The molecule has 1 amide bonds. The highest BCUT2D eigenvalue weighted by molar-refractivity contribution is 5.97. The number of nitrogens with one attached hydrogen (secondary N) is 1. The molecule has 0 radical (unpaired) electrons. The molecule has 3 rings (SSSR count). The Hall–Kier alpha value is -3.08. The van der Waals surface area contributed by atoms with Gasteiger partial charge in [-0.25, -0.2) is 0 Å². The van der Waals surface area contributed by atoms with Gasteiger partial charge in [-0.2, -0.15) is 0 Å². The molecule has 116 valence electrons. The third-order valence-corrected chi connectivity index (χ3v) is 3.29. The number of rotatable bonds is 5. The summed E-state index contributed by atoms with van der Waals surface area (Å²) in [6.07, 6.45) is 0. The van der Waals surface area contributed by atoms with E-state index in [0.29, 0.717) is 5.58 Å². The summed E-state index contributed by atoms with van der Waals surface area (Å²) in [5.74, 6) is -0.779. The van der Waals surface area contributed by atoms with Crippen molar-refractivity contribution in [3.05, 3.63) is 72.0 Å². The summed E-state index contributed by atoms with van der Waals surface area (Å²) >= 11 is 0. The van der Waals surface area contributed by atoms with Crippen molar-refractivity contribution in [2.75, 3.05) is 6.54 Å². The molecule has 0 aliphatic rings. The molecule has 0 aliphatic carbocycles. The second-order valence-corrected chi connectivity index (χ2v) is 4.98. The van der Waals surface area contributed by atoms with Gasteiger partial charge in [0.25, 0.3) is 5.91 Å². The quantitative estimate of drug-likeness (QED) is 0.736. The fourth-order valence-corrected chi connectivity index (χ4v) is 2.12. The summed E-state index contributed by atoms with van der Waals surface area (Å²) in [6.45, 7) is -0.0249. The van der Waals surface area contributed by atoms with Crippen LogP contribution in [0.1, 0.15) is 16.1 Å². The lowest BCUT2D eigenvalue weighted by Gasteiger charge is -2.05. The maximum atomic E-state index is 12.0. The van der Waals surface area contributed by atoms with Gasteiger partial charge in [0.05, 0.1) is 0 Å². The van der Waals surface area contributed by atoms with Crippen LogP contribution in [0.25, 0.3) is 11.0 Å². The van der Waals surface area contributed by atoms with Crippen LogP contribution in [0.2, 0.25) is 0 Å². The summed E-state index contributed by atoms with van der Waals surface area (Å²) < 4.78 is 10.5. The van der Waals surface area contributed by atoms with Crippen molar-refractivity contribution in [3.63, 3.8) is 0 Å². The Morgan fingerprint density at radius 2 is 1.74 bits per heavy atom. The number of para-hydroxylation sites is 1. The fraction of sp³-hybridized carbons (Fsp3) is 0.111. The molecule has 23 heavy (non-hydrogen) atoms. The van der Waals surface area contributed by atoms with E-state index < -0.39 is 11.9 Å². The van der Waals surface area contributed by atoms with Gasteiger partial charge in [0.2, 0.25) is 0 Å². The first-order valence-corrected chi connectivity index (χ1v) is 7.19. The first-order chi connectivity index (χ1) is 11.2. The summed E-state index contributed by atoms with van der Waals surface area (Å²) in [4.78, 5) is 23.6. The van der Waals surface area contributed by atoms with Crippen molar-refractivity contribution in [2.45, 2.75) is 6.61 Å². The molecule has 1 heterocycles. The number of esters is 1. The summed E-state index contributed by atoms with van der Waals surface area (Å²) in [5, 5.41) is 3.33. The lowest BCUT2D eigenvalue weighted by Crippen LogP contribution is -2.30. The lowest BCUT2D eigenvalue weighted by molar-refractivity contribution is -0.143. The van der Waals surface area contributed by atoms with Crippen molar-refractivity contribution in [1.82, 2.24) is 5.32 Å². The zero-order valence-corrected chi connectivity index (χ0v) is 12.3. The Bertz CT molecular complexity index is 790. The topological polar surface area (TPSA) is 68.5 Å². The minimum atomic E-state index is -0.502. The van der Waals surface area contributed by atoms with Crippen molar-refractivity contribution >= 4 is 22.8 Å². The van der Waals surface area contributed by atoms with Crippen molar-refractivity contribution < 1.29 is 18.7 Å². The molecule has 3 aromatic rings. The molecule has 0 atom stereocenters. The van der Waals surface area contributed by atoms with E-state index >= 15 is 0 Å². The predicted octanol–water partition coefficient (Wildman–Crippen LogP) is 2.91. The number of hydrogen-bond donors (Lipinski definition) is 1. The van der Waals surface area contributed by atoms with Crippen LogP contribution in [0.15, 0.2) is 65.1 Å². The highest BCUT2D eigenvalue weighted by Crippen LogP contribution is 2.18. The van der Waals surface area contributed by atoms with Crippen LogP contribution in [0.3, 0.4) is 0 Å². The molecule has 0 spiro atoms. The Kier molecular flexibility index (Phi) is 4.38. The number of amides is 1. The van der Waals surface area contributed by atoms with Crippen molar-refractivity contribution in [3.8, 4) is 0 Å². The predicted molar refractivity (Wildman–Crippen MR) is 84.8 cm³/mol. The van der Waals surface area contributed by atoms with E-state index in [2.05, 4.69) is 5.32 Å². The van der Waals surface area contributed by atoms with Gasteiger partial charge < -0.3 is 14.5 Å². The van der Waals surface area contributed by atoms with E-state index in [1.807, 2.05) is 48.5 Å². The Morgan fingerprint density at radius 1 is 1.00 bits per heavy atom. The Morgan fingerprint density at radius 3 is 2.52 bits per heavy atom. The van der Waals surface area contributed by atoms with Gasteiger partial charge >= 0.3 is 5.97 Å². The molecule has 0 bridgehead atoms. The van der Waals surface area contributed by atoms with E-state index in [-0.39, 0.29) is 18.9 Å². The maximum absolute atomic E-state index is 12.0. The zero-order valence-electron chi connectivity index (χ0n) is 12.3. The van der Waals surface area contributed by atoms with Gasteiger partial charge in [-0.05, 0) is 17.7 Å². The van der Waals surface area contributed by atoms with E-state index in [1.165, 1.54) is 0 Å². The van der Waals surface area contributed by atoms with Gasteiger partial charge in [0.1, 0.15) is 18.7 Å². The lowest BCUT2D eigenvalue weighted by atomic mass is 10.2. The summed E-state index contributed by atoms with van der Waals surface area (Å²) in [5.41, 5.74) is 1.52. The minimum Gasteiger partial charge on any atom is -0.460 e. The second kappa shape index (κ2) is 6.79. The van der Waals surface area contributed by atoms with Crippen molar-refractivity contribution in [1.29, 1.82) is 0 Å². The van der Waals surface area contributed by atoms with Crippen LogP contribution in [0.4, 0.5) is 0 Å². The minimum absolute atomic E-state index is 0.169. The number of hydrogen-bond acceptors (Lipinski definition) is 4. The van der Waals surface area contributed by atoms with Crippen LogP contribution in [-0.4, -0.2) is 18.4 Å². The number of fused-ring (bicyclic) bond motifs is 1. The van der Waals surface area contributed by atoms with Crippen LogP contribution in [0.5, 0.6) is 0 Å². The molecule has 1 N–H and O–H groups in total. The summed E-state index contributed by atoms with van der Waals surface area (Å²) in [7, 11) is 0. The smallest absolute Gasteiger partial charge is 0.325 e. The van der Waals surface area contributed by atoms with Crippen molar-refractivity contribution in [2.24, 2.45) is 0 Å².